The number of benzene rings is 2. The maximum atomic E-state index is 13.2. The van der Waals surface area contributed by atoms with Gasteiger partial charge in [-0.05, 0) is 37.1 Å². The first-order chi connectivity index (χ1) is 15.7. The van der Waals surface area contributed by atoms with E-state index in [1.54, 1.807) is 32.0 Å². The van der Waals surface area contributed by atoms with E-state index in [4.69, 9.17) is 32.7 Å². The molecule has 33 heavy (non-hydrogen) atoms. The normalized spacial score (nSPS) is 11.4. The van der Waals surface area contributed by atoms with Gasteiger partial charge in [0, 0.05) is 35.3 Å². The van der Waals surface area contributed by atoms with E-state index in [0.29, 0.717) is 28.6 Å². The van der Waals surface area contributed by atoms with Gasteiger partial charge < -0.3 is 19.7 Å². The molecule has 2 rings (SSSR count). The first-order valence-electron chi connectivity index (χ1n) is 10.2. The maximum absolute atomic E-state index is 13.2. The molecule has 1 atom stereocenters. The average Bonchev–Trinajstić information content (AvgIpc) is 2.78. The van der Waals surface area contributed by atoms with Crippen LogP contribution in [-0.2, 0) is 16.1 Å². The minimum absolute atomic E-state index is 0.00325. The van der Waals surface area contributed by atoms with Gasteiger partial charge in [0.15, 0.2) is 6.61 Å². The van der Waals surface area contributed by atoms with Gasteiger partial charge in [0.2, 0.25) is 11.7 Å². The lowest BCUT2D eigenvalue weighted by Gasteiger charge is -2.30. The highest BCUT2D eigenvalue weighted by Gasteiger charge is 2.29. The Morgan fingerprint density at radius 1 is 1.18 bits per heavy atom. The molecule has 0 spiro atoms. The Hall–Kier alpha value is -3.04. The Balaban J connectivity index is 2.27. The van der Waals surface area contributed by atoms with Crippen molar-refractivity contribution in [3.05, 3.63) is 62.1 Å². The van der Waals surface area contributed by atoms with Crippen LogP contribution in [0.1, 0.15) is 25.8 Å². The van der Waals surface area contributed by atoms with Gasteiger partial charge in [-0.15, -0.1) is 0 Å². The Morgan fingerprint density at radius 2 is 1.91 bits per heavy atom. The van der Waals surface area contributed by atoms with Gasteiger partial charge in [0.25, 0.3) is 5.91 Å². The van der Waals surface area contributed by atoms with E-state index >= 15 is 0 Å². The number of carbonyl (C=O) groups is 2. The minimum Gasteiger partial charge on any atom is -0.490 e. The van der Waals surface area contributed by atoms with E-state index in [0.717, 1.165) is 0 Å². The summed E-state index contributed by atoms with van der Waals surface area (Å²) in [5.74, 6) is -0.545. The van der Waals surface area contributed by atoms with Crippen molar-refractivity contribution >= 4 is 40.7 Å². The fourth-order valence-corrected chi connectivity index (χ4v) is 3.64. The van der Waals surface area contributed by atoms with Gasteiger partial charge >= 0.3 is 5.69 Å². The Labute approximate surface area is 201 Å². The number of halogens is 2. The molecular weight excluding hydrogens is 473 g/mol. The number of ether oxygens (including phenoxy) is 2. The van der Waals surface area contributed by atoms with Crippen LogP contribution < -0.4 is 14.8 Å². The number of hydrogen-bond acceptors (Lipinski definition) is 6. The zero-order chi connectivity index (χ0) is 24.5. The average molecular weight is 498 g/mol. The fourth-order valence-electron chi connectivity index (χ4n) is 3.17. The van der Waals surface area contributed by atoms with Crippen LogP contribution in [0.4, 0.5) is 5.69 Å². The number of likely N-dealkylation sites (N-methyl/N-ethyl adjacent to an activating group) is 1. The van der Waals surface area contributed by atoms with Crippen molar-refractivity contribution < 1.29 is 24.0 Å². The monoisotopic (exact) mass is 497 g/mol. The molecule has 0 unspecified atom stereocenters. The zero-order valence-electron chi connectivity index (χ0n) is 18.5. The van der Waals surface area contributed by atoms with Crippen molar-refractivity contribution in [3.63, 3.8) is 0 Å². The van der Waals surface area contributed by atoms with Crippen molar-refractivity contribution in [1.82, 2.24) is 10.2 Å². The van der Waals surface area contributed by atoms with Crippen LogP contribution >= 0.6 is 23.2 Å². The molecule has 0 aliphatic rings. The van der Waals surface area contributed by atoms with Gasteiger partial charge in [-0.2, -0.15) is 0 Å². The van der Waals surface area contributed by atoms with Gasteiger partial charge in [0.05, 0.1) is 12.0 Å². The topological polar surface area (TPSA) is 111 Å². The Bertz CT molecular complexity index is 1020. The molecule has 0 aliphatic carbocycles. The summed E-state index contributed by atoms with van der Waals surface area (Å²) in [5.41, 5.74) is 0.395. The number of carbonyl (C=O) groups excluding carboxylic acids is 2. The fraction of sp³-hybridized carbons (Fsp3) is 0.364. The zero-order valence-corrected chi connectivity index (χ0v) is 20.0. The number of methoxy groups -OCH3 is 1. The van der Waals surface area contributed by atoms with Crippen molar-refractivity contribution in [2.75, 3.05) is 20.3 Å². The molecule has 0 bridgehead atoms. The van der Waals surface area contributed by atoms with E-state index in [2.05, 4.69) is 5.32 Å². The molecule has 0 fully saturated rings. The molecule has 0 saturated heterocycles. The van der Waals surface area contributed by atoms with Gasteiger partial charge in [-0.3, -0.25) is 19.7 Å². The van der Waals surface area contributed by atoms with Crippen molar-refractivity contribution in [3.8, 4) is 11.5 Å². The second kappa shape index (κ2) is 12.3. The number of nitro groups is 1. The molecule has 0 heterocycles. The van der Waals surface area contributed by atoms with E-state index in [-0.39, 0.29) is 29.6 Å². The summed E-state index contributed by atoms with van der Waals surface area (Å²) in [6.07, 6.45) is 0.369. The molecule has 9 nitrogen and oxygen atoms in total. The number of nitrogens with one attached hydrogen (secondary N) is 1. The van der Waals surface area contributed by atoms with Crippen LogP contribution in [0.15, 0.2) is 36.4 Å². The summed E-state index contributed by atoms with van der Waals surface area (Å²) in [5, 5.41) is 14.6. The van der Waals surface area contributed by atoms with E-state index in [1.165, 1.54) is 30.2 Å². The van der Waals surface area contributed by atoms with Crippen LogP contribution in [0.2, 0.25) is 10.0 Å². The summed E-state index contributed by atoms with van der Waals surface area (Å²) >= 11 is 12.3. The van der Waals surface area contributed by atoms with Crippen molar-refractivity contribution in [2.24, 2.45) is 0 Å². The quantitative estimate of drug-likeness (QED) is 0.367. The SMILES string of the molecule is CCNC(=O)[C@H](CC)N(Cc1ccc(Cl)cc1Cl)C(=O)COc1ccc([N+](=O)[O-])c(OC)c1. The number of amides is 2. The highest BCUT2D eigenvalue weighted by atomic mass is 35.5. The molecule has 178 valence electrons. The summed E-state index contributed by atoms with van der Waals surface area (Å²) < 4.78 is 10.6. The first kappa shape index (κ1) is 26.2. The van der Waals surface area contributed by atoms with Crippen LogP contribution in [0.5, 0.6) is 11.5 Å². The third kappa shape index (κ3) is 6.97. The first-order valence-corrected chi connectivity index (χ1v) is 10.9. The summed E-state index contributed by atoms with van der Waals surface area (Å²) in [6.45, 7) is 3.67. The predicted molar refractivity (Wildman–Crippen MR) is 125 cm³/mol. The number of hydrogen-bond donors (Lipinski definition) is 1. The maximum Gasteiger partial charge on any atom is 0.311 e. The highest BCUT2D eigenvalue weighted by Crippen LogP contribution is 2.31. The third-order valence-electron chi connectivity index (χ3n) is 4.80. The van der Waals surface area contributed by atoms with Crippen LogP contribution in [0.3, 0.4) is 0 Å². The molecule has 0 aliphatic heterocycles. The summed E-state index contributed by atoms with van der Waals surface area (Å²) in [7, 11) is 1.30. The second-order valence-electron chi connectivity index (χ2n) is 6.96. The smallest absolute Gasteiger partial charge is 0.311 e. The van der Waals surface area contributed by atoms with Crippen LogP contribution in [-0.4, -0.2) is 47.9 Å². The third-order valence-corrected chi connectivity index (χ3v) is 5.39. The lowest BCUT2D eigenvalue weighted by molar-refractivity contribution is -0.385. The lowest BCUT2D eigenvalue weighted by Crippen LogP contribution is -2.50. The standard InChI is InChI=1S/C22H25Cl2N3O6/c1-4-18(22(29)25-5-2)26(12-14-6-7-15(23)10-17(14)24)21(28)13-33-16-8-9-19(27(30)31)20(11-16)32-3/h6-11,18H,4-5,12-13H2,1-3H3,(H,25,29)/t18-/m0/s1. The summed E-state index contributed by atoms with van der Waals surface area (Å²) in [4.78, 5) is 37.7. The summed E-state index contributed by atoms with van der Waals surface area (Å²) in [6, 6.07) is 8.08. The highest BCUT2D eigenvalue weighted by molar-refractivity contribution is 6.35. The van der Waals surface area contributed by atoms with Crippen LogP contribution in [0.25, 0.3) is 0 Å². The van der Waals surface area contributed by atoms with E-state index in [9.17, 15) is 19.7 Å². The molecule has 2 aromatic rings. The molecule has 11 heteroatoms. The lowest BCUT2D eigenvalue weighted by atomic mass is 10.1. The van der Waals surface area contributed by atoms with Gasteiger partial charge in [-0.1, -0.05) is 36.2 Å². The van der Waals surface area contributed by atoms with Crippen LogP contribution in [0, 0.1) is 10.1 Å². The number of nitrogens with zero attached hydrogens (tertiary/aromatic N) is 2. The predicted octanol–water partition coefficient (Wildman–Crippen LogP) is 4.23. The largest absolute Gasteiger partial charge is 0.490 e. The molecule has 2 aromatic carbocycles. The molecular formula is C22H25Cl2N3O6. The molecule has 2 amide bonds. The van der Waals surface area contributed by atoms with E-state index in [1.807, 2.05) is 0 Å². The second-order valence-corrected chi connectivity index (χ2v) is 7.80. The molecule has 0 radical (unpaired) electrons. The number of nitro benzene ring substituents is 1. The molecule has 0 aromatic heterocycles. The minimum atomic E-state index is -0.751. The molecule has 1 N–H and O–H groups in total. The molecule has 0 saturated carbocycles. The van der Waals surface area contributed by atoms with Gasteiger partial charge in [0.1, 0.15) is 11.8 Å². The Kier molecular flexibility index (Phi) is 9.74. The van der Waals surface area contributed by atoms with Crippen molar-refractivity contribution in [1.29, 1.82) is 0 Å². The number of rotatable bonds is 11. The Morgan fingerprint density at radius 3 is 2.48 bits per heavy atom. The van der Waals surface area contributed by atoms with E-state index < -0.39 is 23.5 Å². The van der Waals surface area contributed by atoms with Gasteiger partial charge in [-0.25, -0.2) is 0 Å². The van der Waals surface area contributed by atoms with Crippen molar-refractivity contribution in [2.45, 2.75) is 32.9 Å².